The third-order valence-electron chi connectivity index (χ3n) is 7.25. The number of carbonyl (C=O) groups is 1. The number of amides is 1. The Hall–Kier alpha value is -4.08. The van der Waals surface area contributed by atoms with Gasteiger partial charge in [-0.3, -0.25) is 9.55 Å². The lowest BCUT2D eigenvalue weighted by Crippen LogP contribution is -2.39. The molecule has 0 spiro atoms. The first kappa shape index (κ1) is 25.2. The number of benzene rings is 1. The fraction of sp³-hybridized carbons (Fsp3) is 0.448. The first-order valence-corrected chi connectivity index (χ1v) is 13.5. The minimum Gasteiger partial charge on any atom is -0.488 e. The van der Waals surface area contributed by atoms with E-state index in [2.05, 4.69) is 19.6 Å². The summed E-state index contributed by atoms with van der Waals surface area (Å²) < 4.78 is 19.9. The molecule has 2 aliphatic rings. The number of carbonyl (C=O) groups excluding carboxylic acids is 1. The molecule has 0 N–H and O–H groups in total. The van der Waals surface area contributed by atoms with E-state index >= 15 is 0 Å². The monoisotopic (exact) mass is 530 g/mol. The predicted molar refractivity (Wildman–Crippen MR) is 147 cm³/mol. The van der Waals surface area contributed by atoms with Crippen molar-refractivity contribution >= 4 is 23.1 Å². The molecule has 204 valence electrons. The molecule has 1 amide bonds. The minimum absolute atomic E-state index is 0.149. The summed E-state index contributed by atoms with van der Waals surface area (Å²) in [4.78, 5) is 26.7. The van der Waals surface area contributed by atoms with Gasteiger partial charge in [0, 0.05) is 37.9 Å². The van der Waals surface area contributed by atoms with Crippen LogP contribution in [0, 0.1) is 13.8 Å². The largest absolute Gasteiger partial charge is 0.488 e. The Balaban J connectivity index is 1.44. The number of rotatable bonds is 3. The Bertz CT molecular complexity index is 1500. The number of hydrogen-bond acceptors (Lipinski definition) is 8. The molecule has 1 atom stereocenters. The van der Waals surface area contributed by atoms with Crippen LogP contribution in [0.15, 0.2) is 41.1 Å². The SMILES string of the molecule is Cc1noc(C)c1-c1ccc2nc(N3CCCN(C(=O)OC(C)(C)C)CC3)n3c2c1OCC3c1ccccn1. The van der Waals surface area contributed by atoms with Gasteiger partial charge in [0.25, 0.3) is 0 Å². The van der Waals surface area contributed by atoms with Crippen LogP contribution in [0.2, 0.25) is 0 Å². The van der Waals surface area contributed by atoms with Gasteiger partial charge in [0.05, 0.1) is 22.5 Å². The second-order valence-corrected chi connectivity index (χ2v) is 11.2. The van der Waals surface area contributed by atoms with E-state index in [4.69, 9.17) is 19.0 Å². The van der Waals surface area contributed by atoms with Crippen LogP contribution in [0.1, 0.15) is 50.4 Å². The van der Waals surface area contributed by atoms with Gasteiger partial charge in [-0.15, -0.1) is 0 Å². The molecule has 0 saturated carbocycles. The third-order valence-corrected chi connectivity index (χ3v) is 7.25. The summed E-state index contributed by atoms with van der Waals surface area (Å²) in [7, 11) is 0. The van der Waals surface area contributed by atoms with E-state index in [0.717, 1.165) is 64.0 Å². The van der Waals surface area contributed by atoms with Gasteiger partial charge in [-0.1, -0.05) is 11.2 Å². The number of aromatic nitrogens is 4. The van der Waals surface area contributed by atoms with Gasteiger partial charge < -0.3 is 23.8 Å². The standard InChI is InChI=1S/C29H34N6O4/c1-18-24(19(2)39-32-18)20-10-11-22-25-26(20)37-17-23(21-9-6-7-12-30-21)35(25)27(31-22)33-13-8-14-34(16-15-33)28(36)38-29(3,4)5/h6-7,9-12,23H,8,13-17H2,1-5H3. The molecule has 3 aromatic heterocycles. The first-order valence-electron chi connectivity index (χ1n) is 13.5. The summed E-state index contributed by atoms with van der Waals surface area (Å²) >= 11 is 0. The number of hydrogen-bond donors (Lipinski definition) is 0. The van der Waals surface area contributed by atoms with Crippen LogP contribution >= 0.6 is 0 Å². The summed E-state index contributed by atoms with van der Waals surface area (Å²) in [6.07, 6.45) is 2.35. The number of anilines is 1. The molecule has 1 fully saturated rings. The summed E-state index contributed by atoms with van der Waals surface area (Å²) in [6, 6.07) is 9.87. The van der Waals surface area contributed by atoms with E-state index in [0.29, 0.717) is 26.2 Å². The Labute approximate surface area is 227 Å². The molecule has 0 radical (unpaired) electrons. The number of ether oxygens (including phenoxy) is 2. The van der Waals surface area contributed by atoms with Crippen molar-refractivity contribution in [3.63, 3.8) is 0 Å². The van der Waals surface area contributed by atoms with Crippen LogP contribution in [-0.4, -0.2) is 69.1 Å². The number of pyridine rings is 1. The van der Waals surface area contributed by atoms with Crippen LogP contribution in [0.4, 0.5) is 10.7 Å². The normalized spacial score (nSPS) is 17.7. The smallest absolute Gasteiger partial charge is 0.410 e. The fourth-order valence-electron chi connectivity index (χ4n) is 5.53. The van der Waals surface area contributed by atoms with Crippen molar-refractivity contribution in [1.29, 1.82) is 0 Å². The van der Waals surface area contributed by atoms with Crippen LogP contribution in [-0.2, 0) is 4.74 Å². The summed E-state index contributed by atoms with van der Waals surface area (Å²) in [6.45, 7) is 12.6. The van der Waals surface area contributed by atoms with Crippen molar-refractivity contribution in [2.45, 2.75) is 52.7 Å². The molecular weight excluding hydrogens is 496 g/mol. The van der Waals surface area contributed by atoms with E-state index < -0.39 is 5.60 Å². The molecule has 6 rings (SSSR count). The molecular formula is C29H34N6O4. The van der Waals surface area contributed by atoms with Gasteiger partial charge in [-0.05, 0) is 65.3 Å². The van der Waals surface area contributed by atoms with Crippen LogP contribution in [0.25, 0.3) is 22.2 Å². The maximum Gasteiger partial charge on any atom is 0.410 e. The fourth-order valence-corrected chi connectivity index (χ4v) is 5.53. The van der Waals surface area contributed by atoms with E-state index in [-0.39, 0.29) is 12.1 Å². The van der Waals surface area contributed by atoms with Gasteiger partial charge >= 0.3 is 6.09 Å². The topological polar surface area (TPSA) is 98.8 Å². The maximum atomic E-state index is 12.8. The first-order chi connectivity index (χ1) is 18.7. The number of aryl methyl sites for hydroxylation is 2. The average Bonchev–Trinajstić information content (AvgIpc) is 3.33. The van der Waals surface area contributed by atoms with E-state index in [1.165, 1.54) is 0 Å². The summed E-state index contributed by atoms with van der Waals surface area (Å²) in [5.74, 6) is 2.38. The van der Waals surface area contributed by atoms with Crippen LogP contribution in [0.5, 0.6) is 5.75 Å². The zero-order valence-electron chi connectivity index (χ0n) is 23.1. The van der Waals surface area contributed by atoms with Crippen LogP contribution < -0.4 is 9.64 Å². The van der Waals surface area contributed by atoms with Crippen LogP contribution in [0.3, 0.4) is 0 Å². The lowest BCUT2D eigenvalue weighted by molar-refractivity contribution is 0.0263. The number of imidazole rings is 1. The lowest BCUT2D eigenvalue weighted by atomic mass is 10.0. The van der Waals surface area contributed by atoms with Crippen molar-refractivity contribution in [2.75, 3.05) is 37.7 Å². The molecule has 39 heavy (non-hydrogen) atoms. The molecule has 4 aromatic rings. The number of nitrogens with zero attached hydrogens (tertiary/aromatic N) is 6. The quantitative estimate of drug-likeness (QED) is 0.359. The van der Waals surface area contributed by atoms with Crippen molar-refractivity contribution in [1.82, 2.24) is 24.6 Å². The molecule has 0 bridgehead atoms. The predicted octanol–water partition coefficient (Wildman–Crippen LogP) is 5.13. The van der Waals surface area contributed by atoms with Gasteiger partial charge in [-0.2, -0.15) is 0 Å². The van der Waals surface area contributed by atoms with E-state index in [9.17, 15) is 4.79 Å². The van der Waals surface area contributed by atoms with Crippen molar-refractivity contribution in [3.8, 4) is 16.9 Å². The molecule has 1 saturated heterocycles. The second kappa shape index (κ2) is 9.59. The average molecular weight is 531 g/mol. The van der Waals surface area contributed by atoms with Crippen molar-refractivity contribution in [3.05, 3.63) is 53.7 Å². The highest BCUT2D eigenvalue weighted by Gasteiger charge is 2.34. The lowest BCUT2D eigenvalue weighted by Gasteiger charge is -2.31. The molecule has 1 aromatic carbocycles. The summed E-state index contributed by atoms with van der Waals surface area (Å²) in [5.41, 5.74) is 4.87. The van der Waals surface area contributed by atoms with Crippen molar-refractivity contribution in [2.24, 2.45) is 0 Å². The Morgan fingerprint density at radius 1 is 1.08 bits per heavy atom. The molecule has 10 heteroatoms. The summed E-state index contributed by atoms with van der Waals surface area (Å²) in [5, 5.41) is 4.17. The Morgan fingerprint density at radius 2 is 1.92 bits per heavy atom. The van der Waals surface area contributed by atoms with Gasteiger partial charge in [0.2, 0.25) is 5.95 Å². The van der Waals surface area contributed by atoms with Gasteiger partial charge in [-0.25, -0.2) is 9.78 Å². The zero-order chi connectivity index (χ0) is 27.3. The van der Waals surface area contributed by atoms with E-state index in [1.54, 1.807) is 4.90 Å². The minimum atomic E-state index is -0.528. The molecule has 0 aliphatic carbocycles. The van der Waals surface area contributed by atoms with E-state index in [1.807, 2.05) is 71.1 Å². The zero-order valence-corrected chi connectivity index (χ0v) is 23.1. The van der Waals surface area contributed by atoms with Crippen molar-refractivity contribution < 1.29 is 18.8 Å². The Kier molecular flexibility index (Phi) is 6.20. The second-order valence-electron chi connectivity index (χ2n) is 11.2. The highest BCUT2D eigenvalue weighted by molar-refractivity contribution is 5.94. The molecule has 1 unspecified atom stereocenters. The molecule has 2 aliphatic heterocycles. The molecule has 5 heterocycles. The van der Waals surface area contributed by atoms with Gasteiger partial charge in [0.15, 0.2) is 5.75 Å². The highest BCUT2D eigenvalue weighted by atomic mass is 16.6. The maximum absolute atomic E-state index is 12.8. The third kappa shape index (κ3) is 4.57. The Morgan fingerprint density at radius 3 is 2.64 bits per heavy atom. The highest BCUT2D eigenvalue weighted by Crippen LogP contribution is 2.45. The molecule has 10 nitrogen and oxygen atoms in total. The van der Waals surface area contributed by atoms with Gasteiger partial charge in [0.1, 0.15) is 29.5 Å².